The van der Waals surface area contributed by atoms with Crippen LogP contribution in [0, 0.1) is 52.3 Å². The minimum Gasteiger partial charge on any atom is -0.393 e. The first kappa shape index (κ1) is 22.1. The summed E-state index contributed by atoms with van der Waals surface area (Å²) in [7, 11) is 0. The fourth-order valence-electron chi connectivity index (χ4n) is 9.30. The van der Waals surface area contributed by atoms with Crippen molar-refractivity contribution >= 4 is 0 Å². The highest BCUT2D eigenvalue weighted by Crippen LogP contribution is 2.68. The Labute approximate surface area is 180 Å². The summed E-state index contributed by atoms with van der Waals surface area (Å²) >= 11 is 0. The van der Waals surface area contributed by atoms with Gasteiger partial charge in [-0.3, -0.25) is 0 Å². The maximum atomic E-state index is 11.2. The first-order chi connectivity index (χ1) is 13.7. The minimum absolute atomic E-state index is 0.185. The van der Waals surface area contributed by atoms with Gasteiger partial charge in [-0.25, -0.2) is 0 Å². The first-order valence-electron chi connectivity index (χ1n) is 13.0. The molecule has 4 rings (SSSR count). The number of aliphatic hydroxyl groups is 2. The van der Waals surface area contributed by atoms with Gasteiger partial charge in [0.25, 0.3) is 0 Å². The molecule has 0 bridgehead atoms. The summed E-state index contributed by atoms with van der Waals surface area (Å²) in [4.78, 5) is 0. The normalized spacial score (nSPS) is 50.7. The highest BCUT2D eigenvalue weighted by Gasteiger charge is 2.62. The highest BCUT2D eigenvalue weighted by molar-refractivity contribution is 5.11. The van der Waals surface area contributed by atoms with Crippen molar-refractivity contribution in [2.45, 2.75) is 117 Å². The van der Waals surface area contributed by atoms with Gasteiger partial charge in [-0.2, -0.15) is 0 Å². The van der Waals surface area contributed by atoms with Gasteiger partial charge in [0.15, 0.2) is 0 Å². The third kappa shape index (κ3) is 3.73. The van der Waals surface area contributed by atoms with E-state index in [0.29, 0.717) is 17.3 Å². The first-order valence-corrected chi connectivity index (χ1v) is 13.0. The van der Waals surface area contributed by atoms with E-state index in [0.717, 1.165) is 55.3 Å². The summed E-state index contributed by atoms with van der Waals surface area (Å²) in [6.07, 6.45) is 13.3. The van der Waals surface area contributed by atoms with E-state index in [2.05, 4.69) is 34.6 Å². The van der Waals surface area contributed by atoms with Crippen LogP contribution < -0.4 is 0 Å². The van der Waals surface area contributed by atoms with Gasteiger partial charge >= 0.3 is 0 Å². The van der Waals surface area contributed by atoms with Crippen molar-refractivity contribution < 1.29 is 10.2 Å². The maximum Gasteiger partial charge on any atom is 0.0577 e. The lowest BCUT2D eigenvalue weighted by molar-refractivity contribution is -0.172. The largest absolute Gasteiger partial charge is 0.393 e. The van der Waals surface area contributed by atoms with Crippen LogP contribution in [0.3, 0.4) is 0 Å². The molecule has 0 aromatic carbocycles. The summed E-state index contributed by atoms with van der Waals surface area (Å²) in [6, 6.07) is 0. The van der Waals surface area contributed by atoms with Crippen LogP contribution in [0.5, 0.6) is 0 Å². The molecule has 2 nitrogen and oxygen atoms in total. The van der Waals surface area contributed by atoms with E-state index < -0.39 is 0 Å². The quantitative estimate of drug-likeness (QED) is 0.553. The molecule has 29 heavy (non-hydrogen) atoms. The summed E-state index contributed by atoms with van der Waals surface area (Å²) < 4.78 is 0. The van der Waals surface area contributed by atoms with Crippen LogP contribution in [0.2, 0.25) is 0 Å². The van der Waals surface area contributed by atoms with Gasteiger partial charge in [0.05, 0.1) is 12.2 Å². The smallest absolute Gasteiger partial charge is 0.0577 e. The summed E-state index contributed by atoms with van der Waals surface area (Å²) in [6.45, 7) is 12.4. The second-order valence-corrected chi connectivity index (χ2v) is 12.8. The standard InChI is InChI=1S/C27H48O2/c1-17(2)7-6-8-18(3)21-9-10-22-20-16-25(29)24-15-19(28)11-13-27(24,5)23(20)12-14-26(21,22)4/h17-25,28-29H,6-16H2,1-5H3/t18?,19?,20-,21+,22-,23-,24?,25?,26+,27+/m0/s1. The molecule has 0 aromatic heterocycles. The van der Waals surface area contributed by atoms with Crippen LogP contribution in [0.4, 0.5) is 0 Å². The molecule has 0 spiro atoms. The SMILES string of the molecule is CC(C)CCCC(C)[C@H]1CC[C@H]2[C@@H]3CC(O)C4CC(O)CC[C@]4(C)[C@H]3CC[C@]12C. The van der Waals surface area contributed by atoms with E-state index >= 15 is 0 Å². The number of hydrogen-bond acceptors (Lipinski definition) is 2. The van der Waals surface area contributed by atoms with Crippen molar-refractivity contribution in [3.63, 3.8) is 0 Å². The van der Waals surface area contributed by atoms with Crippen LogP contribution in [-0.4, -0.2) is 22.4 Å². The van der Waals surface area contributed by atoms with E-state index in [1.807, 2.05) is 0 Å². The van der Waals surface area contributed by atoms with E-state index in [-0.39, 0.29) is 17.6 Å². The lowest BCUT2D eigenvalue weighted by atomic mass is 9.44. The Morgan fingerprint density at radius 3 is 2.21 bits per heavy atom. The molecule has 4 unspecified atom stereocenters. The van der Waals surface area contributed by atoms with Crippen molar-refractivity contribution in [1.29, 1.82) is 0 Å². The topological polar surface area (TPSA) is 40.5 Å². The second-order valence-electron chi connectivity index (χ2n) is 12.8. The average Bonchev–Trinajstić information content (AvgIpc) is 3.00. The molecular weight excluding hydrogens is 356 g/mol. The number of rotatable bonds is 5. The van der Waals surface area contributed by atoms with Crippen LogP contribution in [0.15, 0.2) is 0 Å². The van der Waals surface area contributed by atoms with Gasteiger partial charge in [0.1, 0.15) is 0 Å². The van der Waals surface area contributed by atoms with Gasteiger partial charge in [0, 0.05) is 0 Å². The Hall–Kier alpha value is -0.0800. The van der Waals surface area contributed by atoms with Crippen LogP contribution in [-0.2, 0) is 0 Å². The van der Waals surface area contributed by atoms with Crippen LogP contribution >= 0.6 is 0 Å². The predicted molar refractivity (Wildman–Crippen MR) is 120 cm³/mol. The number of fused-ring (bicyclic) bond motifs is 5. The zero-order valence-corrected chi connectivity index (χ0v) is 19.9. The van der Waals surface area contributed by atoms with Crippen LogP contribution in [0.1, 0.15) is 105 Å². The molecule has 0 radical (unpaired) electrons. The lowest BCUT2D eigenvalue weighted by Gasteiger charge is -2.62. The molecular formula is C27H48O2. The van der Waals surface area contributed by atoms with Gasteiger partial charge in [-0.15, -0.1) is 0 Å². The molecule has 0 aliphatic heterocycles. The molecule has 10 atom stereocenters. The van der Waals surface area contributed by atoms with Gasteiger partial charge in [-0.1, -0.05) is 53.9 Å². The van der Waals surface area contributed by atoms with Gasteiger partial charge in [-0.05, 0) is 104 Å². The Balaban J connectivity index is 1.50. The molecule has 168 valence electrons. The van der Waals surface area contributed by atoms with E-state index in [9.17, 15) is 10.2 Å². The molecule has 0 amide bonds. The minimum atomic E-state index is -0.193. The maximum absolute atomic E-state index is 11.2. The highest BCUT2D eigenvalue weighted by atomic mass is 16.3. The van der Waals surface area contributed by atoms with E-state index in [4.69, 9.17) is 0 Å². The number of hydrogen-bond donors (Lipinski definition) is 2. The monoisotopic (exact) mass is 404 g/mol. The zero-order chi connectivity index (χ0) is 21.0. The van der Waals surface area contributed by atoms with Crippen molar-refractivity contribution in [1.82, 2.24) is 0 Å². The lowest BCUT2D eigenvalue weighted by Crippen LogP contribution is -2.58. The van der Waals surface area contributed by atoms with Crippen molar-refractivity contribution in [2.75, 3.05) is 0 Å². The molecule has 0 heterocycles. The fourth-order valence-corrected chi connectivity index (χ4v) is 9.30. The molecule has 4 saturated carbocycles. The Morgan fingerprint density at radius 1 is 0.793 bits per heavy atom. The summed E-state index contributed by atoms with van der Waals surface area (Å²) in [5.41, 5.74) is 0.749. The van der Waals surface area contributed by atoms with Crippen molar-refractivity contribution in [3.8, 4) is 0 Å². The van der Waals surface area contributed by atoms with E-state index in [1.54, 1.807) is 0 Å². The third-order valence-electron chi connectivity index (χ3n) is 10.9. The van der Waals surface area contributed by atoms with Crippen LogP contribution in [0.25, 0.3) is 0 Å². The molecule has 0 saturated heterocycles. The zero-order valence-electron chi connectivity index (χ0n) is 19.9. The third-order valence-corrected chi connectivity index (χ3v) is 10.9. The Bertz CT molecular complexity index is 573. The Morgan fingerprint density at radius 2 is 1.48 bits per heavy atom. The molecule has 2 heteroatoms. The molecule has 2 N–H and O–H groups in total. The fraction of sp³-hybridized carbons (Fsp3) is 1.00. The van der Waals surface area contributed by atoms with E-state index in [1.165, 1.54) is 44.9 Å². The van der Waals surface area contributed by atoms with Crippen molar-refractivity contribution in [3.05, 3.63) is 0 Å². The molecule has 4 aliphatic rings. The summed E-state index contributed by atoms with van der Waals surface area (Å²) in [5.74, 6) is 5.20. The predicted octanol–water partition coefficient (Wildman–Crippen LogP) is 6.44. The molecule has 0 aromatic rings. The van der Waals surface area contributed by atoms with Gasteiger partial charge < -0.3 is 10.2 Å². The molecule has 4 fully saturated rings. The Kier molecular flexibility index (Phi) is 6.19. The van der Waals surface area contributed by atoms with Crippen molar-refractivity contribution in [2.24, 2.45) is 52.3 Å². The number of aliphatic hydroxyl groups excluding tert-OH is 2. The second kappa shape index (κ2) is 8.12. The summed E-state index contributed by atoms with van der Waals surface area (Å²) in [5, 5.41) is 21.4. The molecule has 4 aliphatic carbocycles. The average molecular weight is 405 g/mol. The van der Waals surface area contributed by atoms with Gasteiger partial charge in [0.2, 0.25) is 0 Å².